The highest BCUT2D eigenvalue weighted by Gasteiger charge is 2.39. The van der Waals surface area contributed by atoms with E-state index in [1.165, 1.54) is 28.7 Å². The Morgan fingerprint density at radius 1 is 0.513 bits per heavy atom. The molecular formula is C36H38OS2. The minimum atomic E-state index is 0.0231. The first kappa shape index (κ1) is 27.8. The molecule has 1 aliphatic carbocycles. The Hall–Kier alpha value is -2.75. The normalized spacial score (nSPS) is 19.5. The molecule has 39 heavy (non-hydrogen) atoms. The van der Waals surface area contributed by atoms with Gasteiger partial charge < -0.3 is 0 Å². The van der Waals surface area contributed by atoms with E-state index in [1.54, 1.807) is 0 Å². The molecule has 0 N–H and O–H groups in total. The van der Waals surface area contributed by atoms with E-state index in [1.807, 2.05) is 23.5 Å². The maximum absolute atomic E-state index is 14.7. The van der Waals surface area contributed by atoms with E-state index >= 15 is 0 Å². The van der Waals surface area contributed by atoms with Crippen molar-refractivity contribution in [1.29, 1.82) is 0 Å². The van der Waals surface area contributed by atoms with Crippen molar-refractivity contribution < 1.29 is 4.79 Å². The summed E-state index contributed by atoms with van der Waals surface area (Å²) < 4.78 is 0. The van der Waals surface area contributed by atoms with E-state index in [9.17, 15) is 4.79 Å². The van der Waals surface area contributed by atoms with Gasteiger partial charge in [0.2, 0.25) is 0 Å². The standard InChI is InChI=1S/C36H38OS2/c37-34-32(35(30-20-10-3-11-21-30)38-26-28-16-6-1-7-17-28)24-14-5-15-25-33(34)36(31-22-12-4-13-23-31)39-27-29-18-8-2-9-19-29/h1-4,6-13,16-23,32-33,35-36H,5,14-15,24-27H2. The molecule has 0 aromatic heterocycles. The highest BCUT2D eigenvalue weighted by Crippen LogP contribution is 2.48. The fourth-order valence-electron chi connectivity index (χ4n) is 5.76. The smallest absolute Gasteiger partial charge is 0.141 e. The van der Waals surface area contributed by atoms with E-state index in [0.717, 1.165) is 37.2 Å². The monoisotopic (exact) mass is 550 g/mol. The van der Waals surface area contributed by atoms with Crippen molar-refractivity contribution in [3.05, 3.63) is 144 Å². The van der Waals surface area contributed by atoms with Gasteiger partial charge in [-0.3, -0.25) is 4.79 Å². The van der Waals surface area contributed by atoms with Gasteiger partial charge in [0.15, 0.2) is 0 Å². The zero-order chi connectivity index (χ0) is 26.7. The number of benzene rings is 4. The summed E-state index contributed by atoms with van der Waals surface area (Å²) in [6.07, 6.45) is 5.41. The summed E-state index contributed by atoms with van der Waals surface area (Å²) >= 11 is 3.89. The summed E-state index contributed by atoms with van der Waals surface area (Å²) in [6, 6.07) is 42.9. The van der Waals surface area contributed by atoms with E-state index in [2.05, 4.69) is 121 Å². The van der Waals surface area contributed by atoms with Crippen LogP contribution in [-0.4, -0.2) is 5.78 Å². The molecule has 0 amide bonds. The number of carbonyl (C=O) groups is 1. The summed E-state index contributed by atoms with van der Waals surface area (Å²) in [5.41, 5.74) is 5.20. The molecular weight excluding hydrogens is 513 g/mol. The molecule has 1 nitrogen and oxygen atoms in total. The van der Waals surface area contributed by atoms with E-state index in [-0.39, 0.29) is 22.3 Å². The third-order valence-electron chi connectivity index (χ3n) is 7.79. The predicted octanol–water partition coefficient (Wildman–Crippen LogP) is 10.1. The zero-order valence-electron chi connectivity index (χ0n) is 22.5. The van der Waals surface area contributed by atoms with Crippen molar-refractivity contribution >= 4 is 29.3 Å². The van der Waals surface area contributed by atoms with Crippen LogP contribution in [0.2, 0.25) is 0 Å². The van der Waals surface area contributed by atoms with Crippen LogP contribution in [0.1, 0.15) is 64.9 Å². The Morgan fingerprint density at radius 2 is 0.872 bits per heavy atom. The highest BCUT2D eigenvalue weighted by molar-refractivity contribution is 7.99. The molecule has 4 atom stereocenters. The third-order valence-corrected chi connectivity index (χ3v) is 10.7. The Bertz CT molecular complexity index is 1160. The molecule has 0 bridgehead atoms. The van der Waals surface area contributed by atoms with Crippen molar-refractivity contribution in [2.75, 3.05) is 0 Å². The number of hydrogen-bond acceptors (Lipinski definition) is 3. The first-order valence-electron chi connectivity index (χ1n) is 14.2. The molecule has 1 saturated carbocycles. The van der Waals surface area contributed by atoms with E-state index in [0.29, 0.717) is 5.78 Å². The van der Waals surface area contributed by atoms with Crippen LogP contribution in [0, 0.1) is 11.8 Å². The molecule has 0 heterocycles. The quantitative estimate of drug-likeness (QED) is 0.195. The van der Waals surface area contributed by atoms with Gasteiger partial charge in [0, 0.05) is 33.8 Å². The number of thioether (sulfide) groups is 2. The summed E-state index contributed by atoms with van der Waals surface area (Å²) in [6.45, 7) is 0. The lowest BCUT2D eigenvalue weighted by Gasteiger charge is -2.35. The fraction of sp³-hybridized carbons (Fsp3) is 0.306. The summed E-state index contributed by atoms with van der Waals surface area (Å²) in [5.74, 6) is 2.35. The second kappa shape index (κ2) is 14.6. The molecule has 4 aromatic rings. The third kappa shape index (κ3) is 7.68. The van der Waals surface area contributed by atoms with Crippen LogP contribution in [0.25, 0.3) is 0 Å². The lowest BCUT2D eigenvalue weighted by molar-refractivity contribution is -0.127. The van der Waals surface area contributed by atoms with Crippen molar-refractivity contribution in [2.24, 2.45) is 11.8 Å². The van der Waals surface area contributed by atoms with E-state index < -0.39 is 0 Å². The Labute approximate surface area is 242 Å². The van der Waals surface area contributed by atoms with Crippen LogP contribution in [-0.2, 0) is 16.3 Å². The molecule has 0 saturated heterocycles. The number of hydrogen-bond donors (Lipinski definition) is 0. The highest BCUT2D eigenvalue weighted by atomic mass is 32.2. The lowest BCUT2D eigenvalue weighted by Crippen LogP contribution is -2.32. The minimum Gasteiger partial charge on any atom is -0.299 e. The molecule has 0 radical (unpaired) electrons. The largest absolute Gasteiger partial charge is 0.299 e. The van der Waals surface area contributed by atoms with Crippen LogP contribution in [0.5, 0.6) is 0 Å². The van der Waals surface area contributed by atoms with Crippen LogP contribution >= 0.6 is 23.5 Å². The molecule has 200 valence electrons. The molecule has 0 spiro atoms. The molecule has 0 aliphatic heterocycles. The molecule has 4 unspecified atom stereocenters. The molecule has 5 rings (SSSR count). The van der Waals surface area contributed by atoms with Crippen LogP contribution < -0.4 is 0 Å². The number of Topliss-reactive ketones (excluding diaryl/α,β-unsaturated/α-hetero) is 1. The maximum Gasteiger partial charge on any atom is 0.141 e. The van der Waals surface area contributed by atoms with Crippen LogP contribution in [0.4, 0.5) is 0 Å². The van der Waals surface area contributed by atoms with Crippen molar-refractivity contribution in [3.63, 3.8) is 0 Å². The van der Waals surface area contributed by atoms with Gasteiger partial charge >= 0.3 is 0 Å². The Morgan fingerprint density at radius 3 is 1.26 bits per heavy atom. The van der Waals surface area contributed by atoms with Gasteiger partial charge in [0.25, 0.3) is 0 Å². The van der Waals surface area contributed by atoms with Crippen molar-refractivity contribution in [1.82, 2.24) is 0 Å². The number of rotatable bonds is 10. The topological polar surface area (TPSA) is 17.1 Å². The second-order valence-electron chi connectivity index (χ2n) is 10.5. The first-order valence-corrected chi connectivity index (χ1v) is 16.3. The Balaban J connectivity index is 1.45. The average molecular weight is 551 g/mol. The second-order valence-corrected chi connectivity index (χ2v) is 12.8. The van der Waals surface area contributed by atoms with E-state index in [4.69, 9.17) is 0 Å². The van der Waals surface area contributed by atoms with Crippen LogP contribution in [0.3, 0.4) is 0 Å². The Kier molecular flexibility index (Phi) is 10.4. The van der Waals surface area contributed by atoms with Gasteiger partial charge in [-0.25, -0.2) is 0 Å². The fourth-order valence-corrected chi connectivity index (χ4v) is 8.59. The molecule has 1 fully saturated rings. The van der Waals surface area contributed by atoms with Gasteiger partial charge in [0.1, 0.15) is 5.78 Å². The number of ketones is 1. The van der Waals surface area contributed by atoms with Gasteiger partial charge in [-0.15, -0.1) is 23.5 Å². The summed E-state index contributed by atoms with van der Waals surface area (Å²) in [5, 5.41) is 0.324. The maximum atomic E-state index is 14.7. The molecule has 3 heteroatoms. The van der Waals surface area contributed by atoms with Crippen LogP contribution in [0.15, 0.2) is 121 Å². The van der Waals surface area contributed by atoms with Gasteiger partial charge in [-0.1, -0.05) is 141 Å². The van der Waals surface area contributed by atoms with Crippen molar-refractivity contribution in [3.8, 4) is 0 Å². The summed E-state index contributed by atoms with van der Waals surface area (Å²) in [4.78, 5) is 14.7. The average Bonchev–Trinajstić information content (AvgIpc) is 3.00. The first-order chi connectivity index (χ1) is 19.3. The summed E-state index contributed by atoms with van der Waals surface area (Å²) in [7, 11) is 0. The predicted molar refractivity (Wildman–Crippen MR) is 169 cm³/mol. The SMILES string of the molecule is O=C1C(C(SCc2ccccc2)c2ccccc2)CCCCCC1C(SCc1ccccc1)c1ccccc1. The zero-order valence-corrected chi connectivity index (χ0v) is 24.2. The van der Waals surface area contributed by atoms with Gasteiger partial charge in [-0.2, -0.15) is 0 Å². The minimum absolute atomic E-state index is 0.0231. The van der Waals surface area contributed by atoms with Crippen molar-refractivity contribution in [2.45, 2.75) is 54.1 Å². The number of carbonyl (C=O) groups excluding carboxylic acids is 1. The van der Waals surface area contributed by atoms with Gasteiger partial charge in [0.05, 0.1) is 0 Å². The molecule has 1 aliphatic rings. The molecule has 4 aromatic carbocycles. The van der Waals surface area contributed by atoms with Gasteiger partial charge in [-0.05, 0) is 35.1 Å². The lowest BCUT2D eigenvalue weighted by atomic mass is 9.77.